The van der Waals surface area contributed by atoms with Gasteiger partial charge in [-0.15, -0.1) is 24.0 Å². The molecule has 0 atom stereocenters. The molecule has 2 aromatic rings. The number of aliphatic imine (C=N–C) groups is 1. The first-order valence-electron chi connectivity index (χ1n) is 7.29. The van der Waals surface area contributed by atoms with E-state index in [1.54, 1.807) is 0 Å². The normalized spacial score (nSPS) is 11.2. The van der Waals surface area contributed by atoms with Gasteiger partial charge in [-0.25, -0.2) is 4.98 Å². The van der Waals surface area contributed by atoms with Gasteiger partial charge in [0.25, 0.3) is 0 Å². The van der Waals surface area contributed by atoms with Gasteiger partial charge in [0.1, 0.15) is 5.82 Å². The molecule has 0 spiro atoms. The second kappa shape index (κ2) is 9.59. The Morgan fingerprint density at radius 3 is 2.76 bits per heavy atom. The fourth-order valence-electron chi connectivity index (χ4n) is 1.99. The van der Waals surface area contributed by atoms with Crippen LogP contribution in [0.1, 0.15) is 26.1 Å². The van der Waals surface area contributed by atoms with E-state index in [1.165, 1.54) is 0 Å². The first kappa shape index (κ1) is 17.7. The molecule has 116 valence electrons. The van der Waals surface area contributed by atoms with Crippen LogP contribution in [0.2, 0.25) is 0 Å². The number of imidazole rings is 1. The molecule has 0 amide bonds. The van der Waals surface area contributed by atoms with Gasteiger partial charge in [-0.3, -0.25) is 4.99 Å². The van der Waals surface area contributed by atoms with Crippen LogP contribution in [0.15, 0.2) is 29.3 Å². The van der Waals surface area contributed by atoms with Crippen LogP contribution < -0.4 is 10.6 Å². The highest BCUT2D eigenvalue weighted by Crippen LogP contribution is 2.10. The molecule has 2 rings (SSSR count). The molecular formula is C15H24IN5. The number of nitrogens with zero attached hydrogens (tertiary/aromatic N) is 2. The van der Waals surface area contributed by atoms with E-state index < -0.39 is 0 Å². The number of aromatic nitrogens is 2. The summed E-state index contributed by atoms with van der Waals surface area (Å²) >= 11 is 0. The summed E-state index contributed by atoms with van der Waals surface area (Å²) in [5.41, 5.74) is 2.11. The van der Waals surface area contributed by atoms with Crippen LogP contribution in [0.5, 0.6) is 0 Å². The number of fused-ring (bicyclic) bond motifs is 1. The van der Waals surface area contributed by atoms with Crippen molar-refractivity contribution in [1.29, 1.82) is 0 Å². The Morgan fingerprint density at radius 1 is 1.24 bits per heavy atom. The predicted octanol–water partition coefficient (Wildman–Crippen LogP) is 2.69. The Labute approximate surface area is 143 Å². The van der Waals surface area contributed by atoms with Gasteiger partial charge < -0.3 is 15.6 Å². The van der Waals surface area contributed by atoms with Gasteiger partial charge >= 0.3 is 0 Å². The summed E-state index contributed by atoms with van der Waals surface area (Å²) in [4.78, 5) is 12.4. The van der Waals surface area contributed by atoms with Crippen molar-refractivity contribution in [3.63, 3.8) is 0 Å². The van der Waals surface area contributed by atoms with E-state index in [0.717, 1.165) is 55.3 Å². The van der Waals surface area contributed by atoms with Crippen molar-refractivity contribution in [3.05, 3.63) is 30.1 Å². The lowest BCUT2D eigenvalue weighted by molar-refractivity contribution is 0.776. The molecule has 0 aliphatic heterocycles. The van der Waals surface area contributed by atoms with Crippen molar-refractivity contribution >= 4 is 41.0 Å². The number of nitrogens with one attached hydrogen (secondary N) is 3. The van der Waals surface area contributed by atoms with E-state index in [1.807, 2.05) is 24.3 Å². The first-order valence-corrected chi connectivity index (χ1v) is 7.29. The summed E-state index contributed by atoms with van der Waals surface area (Å²) in [7, 11) is 0. The molecule has 0 radical (unpaired) electrons. The van der Waals surface area contributed by atoms with Gasteiger partial charge in [-0.2, -0.15) is 0 Å². The largest absolute Gasteiger partial charge is 0.357 e. The van der Waals surface area contributed by atoms with E-state index in [4.69, 9.17) is 0 Å². The molecule has 1 aromatic carbocycles. The first-order chi connectivity index (χ1) is 9.83. The molecule has 0 unspecified atom stereocenters. The Hall–Kier alpha value is -1.31. The number of H-pyrrole nitrogens is 1. The second-order valence-corrected chi connectivity index (χ2v) is 4.64. The third-order valence-corrected chi connectivity index (χ3v) is 2.93. The van der Waals surface area contributed by atoms with E-state index in [0.29, 0.717) is 0 Å². The van der Waals surface area contributed by atoms with Crippen LogP contribution in [-0.4, -0.2) is 35.6 Å². The van der Waals surface area contributed by atoms with Gasteiger partial charge in [0.15, 0.2) is 5.96 Å². The smallest absolute Gasteiger partial charge is 0.191 e. The Bertz CT molecular complexity index is 531. The van der Waals surface area contributed by atoms with Crippen molar-refractivity contribution in [3.8, 4) is 0 Å². The number of para-hydroxylation sites is 2. The number of rotatable bonds is 6. The molecule has 0 aliphatic carbocycles. The molecule has 6 heteroatoms. The van der Waals surface area contributed by atoms with Gasteiger partial charge in [0, 0.05) is 26.1 Å². The fourth-order valence-corrected chi connectivity index (χ4v) is 1.99. The average molecular weight is 401 g/mol. The maximum Gasteiger partial charge on any atom is 0.191 e. The van der Waals surface area contributed by atoms with Crippen molar-refractivity contribution in [2.24, 2.45) is 4.99 Å². The van der Waals surface area contributed by atoms with Crippen LogP contribution in [-0.2, 0) is 6.42 Å². The van der Waals surface area contributed by atoms with Crippen LogP contribution in [0.25, 0.3) is 11.0 Å². The average Bonchev–Trinajstić information content (AvgIpc) is 2.87. The maximum absolute atomic E-state index is 4.56. The maximum atomic E-state index is 4.56. The molecule has 0 bridgehead atoms. The molecule has 0 saturated carbocycles. The molecule has 3 N–H and O–H groups in total. The van der Waals surface area contributed by atoms with E-state index in [-0.39, 0.29) is 24.0 Å². The minimum absolute atomic E-state index is 0. The minimum Gasteiger partial charge on any atom is -0.357 e. The van der Waals surface area contributed by atoms with Gasteiger partial charge in [0.05, 0.1) is 11.0 Å². The summed E-state index contributed by atoms with van der Waals surface area (Å²) in [5, 5.41) is 6.57. The lowest BCUT2D eigenvalue weighted by Gasteiger charge is -2.10. The summed E-state index contributed by atoms with van der Waals surface area (Å²) < 4.78 is 0. The van der Waals surface area contributed by atoms with Gasteiger partial charge in [-0.05, 0) is 25.5 Å². The number of guanidine groups is 1. The SMILES string of the molecule is CCCN=C(NCC)NCCc1nc2ccccc2[nH]1.I. The predicted molar refractivity (Wildman–Crippen MR) is 99.5 cm³/mol. The van der Waals surface area contributed by atoms with Crippen molar-refractivity contribution < 1.29 is 0 Å². The highest BCUT2D eigenvalue weighted by Gasteiger charge is 2.02. The summed E-state index contributed by atoms with van der Waals surface area (Å²) in [5.74, 6) is 1.88. The fraction of sp³-hybridized carbons (Fsp3) is 0.467. The highest BCUT2D eigenvalue weighted by atomic mass is 127. The molecular weight excluding hydrogens is 377 g/mol. The standard InChI is InChI=1S/C15H23N5.HI/c1-3-10-17-15(16-4-2)18-11-9-14-19-12-7-5-6-8-13(12)20-14;/h5-8H,3-4,9-11H2,1-2H3,(H,19,20)(H2,16,17,18);1H. The lowest BCUT2D eigenvalue weighted by Crippen LogP contribution is -2.38. The summed E-state index contributed by atoms with van der Waals surface area (Å²) in [6.07, 6.45) is 1.91. The minimum atomic E-state index is 0. The topological polar surface area (TPSA) is 65.1 Å². The summed E-state index contributed by atoms with van der Waals surface area (Å²) in [6.45, 7) is 6.74. The Morgan fingerprint density at radius 2 is 2.05 bits per heavy atom. The van der Waals surface area contributed by atoms with Crippen LogP contribution in [0.4, 0.5) is 0 Å². The quantitative estimate of drug-likeness (QED) is 0.396. The molecule has 5 nitrogen and oxygen atoms in total. The highest BCUT2D eigenvalue weighted by molar-refractivity contribution is 14.0. The van der Waals surface area contributed by atoms with Crippen molar-refractivity contribution in [2.75, 3.05) is 19.6 Å². The molecule has 0 fully saturated rings. The zero-order valence-electron chi connectivity index (χ0n) is 12.6. The number of hydrogen-bond donors (Lipinski definition) is 3. The number of benzene rings is 1. The molecule has 0 saturated heterocycles. The van der Waals surface area contributed by atoms with Crippen molar-refractivity contribution in [2.45, 2.75) is 26.7 Å². The Balaban J connectivity index is 0.00000220. The van der Waals surface area contributed by atoms with Crippen molar-refractivity contribution in [1.82, 2.24) is 20.6 Å². The Kier molecular flexibility index (Phi) is 8.11. The molecule has 21 heavy (non-hydrogen) atoms. The summed E-state index contributed by atoms with van der Waals surface area (Å²) in [6, 6.07) is 8.09. The van der Waals surface area contributed by atoms with Crippen LogP contribution >= 0.6 is 24.0 Å². The molecule has 1 heterocycles. The van der Waals surface area contributed by atoms with E-state index in [9.17, 15) is 0 Å². The van der Waals surface area contributed by atoms with E-state index in [2.05, 4.69) is 39.4 Å². The number of hydrogen-bond acceptors (Lipinski definition) is 2. The van der Waals surface area contributed by atoms with Gasteiger partial charge in [0.2, 0.25) is 0 Å². The third-order valence-electron chi connectivity index (χ3n) is 2.93. The van der Waals surface area contributed by atoms with E-state index >= 15 is 0 Å². The number of aromatic amines is 1. The lowest BCUT2D eigenvalue weighted by atomic mass is 10.3. The number of halogens is 1. The zero-order valence-corrected chi connectivity index (χ0v) is 15.0. The van der Waals surface area contributed by atoms with Gasteiger partial charge in [-0.1, -0.05) is 19.1 Å². The monoisotopic (exact) mass is 401 g/mol. The second-order valence-electron chi connectivity index (χ2n) is 4.64. The van der Waals surface area contributed by atoms with Crippen LogP contribution in [0, 0.1) is 0 Å². The molecule has 1 aromatic heterocycles. The van der Waals surface area contributed by atoms with Crippen LogP contribution in [0.3, 0.4) is 0 Å². The third kappa shape index (κ3) is 5.53. The molecule has 0 aliphatic rings. The zero-order chi connectivity index (χ0) is 14.2.